The lowest BCUT2D eigenvalue weighted by Crippen LogP contribution is -2.28. The fourth-order valence-electron chi connectivity index (χ4n) is 1.61. The zero-order valence-corrected chi connectivity index (χ0v) is 9.83. The van der Waals surface area contributed by atoms with Crippen molar-refractivity contribution in [2.45, 2.75) is 6.92 Å². The van der Waals surface area contributed by atoms with E-state index in [4.69, 9.17) is 4.74 Å². The average Bonchev–Trinajstić information content (AvgIpc) is 2.76. The van der Waals surface area contributed by atoms with Gasteiger partial charge in [-0.25, -0.2) is 9.50 Å². The highest BCUT2D eigenvalue weighted by Crippen LogP contribution is 2.16. The largest absolute Gasteiger partial charge is 0.465 e. The number of aromatic nitrogens is 3. The summed E-state index contributed by atoms with van der Waals surface area (Å²) in [6.45, 7) is 2.34. The monoisotopic (exact) mass is 234 g/mol. The van der Waals surface area contributed by atoms with Gasteiger partial charge in [0, 0.05) is 19.4 Å². The summed E-state index contributed by atoms with van der Waals surface area (Å²) in [5, 5.41) is 4.11. The smallest absolute Gasteiger partial charge is 0.325 e. The third kappa shape index (κ3) is 2.35. The van der Waals surface area contributed by atoms with Gasteiger partial charge in [0.05, 0.1) is 12.8 Å². The van der Waals surface area contributed by atoms with Gasteiger partial charge < -0.3 is 9.64 Å². The molecule has 90 valence electrons. The first kappa shape index (κ1) is 11.4. The van der Waals surface area contributed by atoms with Crippen molar-refractivity contribution in [3.05, 3.63) is 24.7 Å². The Labute approximate surface area is 98.8 Å². The minimum atomic E-state index is -0.265. The fourth-order valence-corrected chi connectivity index (χ4v) is 1.61. The number of carbonyl (C=O) groups is 1. The Hall–Kier alpha value is -2.11. The van der Waals surface area contributed by atoms with Gasteiger partial charge in [-0.1, -0.05) is 0 Å². The average molecular weight is 234 g/mol. The van der Waals surface area contributed by atoms with E-state index in [1.165, 1.54) is 0 Å². The molecule has 2 aromatic heterocycles. The van der Waals surface area contributed by atoms with Crippen LogP contribution in [0.1, 0.15) is 6.92 Å². The standard InChI is InChI=1S/C11H14N4O2/c1-3-17-10(16)8-14(2)11-9-4-5-13-15(9)7-6-12-11/h4-7H,3,8H2,1-2H3. The summed E-state index contributed by atoms with van der Waals surface area (Å²) in [6, 6.07) is 1.85. The summed E-state index contributed by atoms with van der Waals surface area (Å²) in [6.07, 6.45) is 5.10. The number of hydrogen-bond acceptors (Lipinski definition) is 5. The molecule has 0 saturated carbocycles. The summed E-state index contributed by atoms with van der Waals surface area (Å²) in [7, 11) is 1.80. The Morgan fingerprint density at radius 2 is 2.35 bits per heavy atom. The van der Waals surface area contributed by atoms with Crippen LogP contribution < -0.4 is 4.90 Å². The minimum absolute atomic E-state index is 0.172. The normalized spacial score (nSPS) is 10.5. The number of hydrogen-bond donors (Lipinski definition) is 0. The van der Waals surface area contributed by atoms with Crippen LogP contribution in [-0.4, -0.2) is 40.8 Å². The third-order valence-electron chi connectivity index (χ3n) is 2.34. The molecule has 0 N–H and O–H groups in total. The third-order valence-corrected chi connectivity index (χ3v) is 2.34. The van der Waals surface area contributed by atoms with Crippen LogP contribution >= 0.6 is 0 Å². The van der Waals surface area contributed by atoms with Crippen molar-refractivity contribution in [2.24, 2.45) is 0 Å². The number of rotatable bonds is 4. The van der Waals surface area contributed by atoms with Crippen LogP contribution in [0.25, 0.3) is 5.52 Å². The molecular weight excluding hydrogens is 220 g/mol. The summed E-state index contributed by atoms with van der Waals surface area (Å²) >= 11 is 0. The minimum Gasteiger partial charge on any atom is -0.465 e. The van der Waals surface area contributed by atoms with Gasteiger partial charge in [0.15, 0.2) is 5.82 Å². The van der Waals surface area contributed by atoms with Gasteiger partial charge in [-0.2, -0.15) is 5.10 Å². The SMILES string of the molecule is CCOC(=O)CN(C)c1nccn2nccc12. The van der Waals surface area contributed by atoms with Crippen molar-refractivity contribution in [1.29, 1.82) is 0 Å². The van der Waals surface area contributed by atoms with Gasteiger partial charge in [-0.15, -0.1) is 0 Å². The maximum absolute atomic E-state index is 11.4. The lowest BCUT2D eigenvalue weighted by molar-refractivity contribution is -0.141. The number of carbonyl (C=O) groups excluding carboxylic acids is 1. The molecule has 6 heteroatoms. The molecule has 0 aliphatic rings. The van der Waals surface area contributed by atoms with Gasteiger partial charge in [0.25, 0.3) is 0 Å². The molecule has 0 radical (unpaired) electrons. The Morgan fingerprint density at radius 3 is 3.12 bits per heavy atom. The Morgan fingerprint density at radius 1 is 1.53 bits per heavy atom. The number of esters is 1. The molecule has 0 bridgehead atoms. The number of anilines is 1. The van der Waals surface area contributed by atoms with E-state index in [-0.39, 0.29) is 12.5 Å². The second-order valence-electron chi connectivity index (χ2n) is 3.57. The maximum atomic E-state index is 11.4. The molecule has 0 saturated heterocycles. The van der Waals surface area contributed by atoms with Crippen molar-refractivity contribution in [3.63, 3.8) is 0 Å². The summed E-state index contributed by atoms with van der Waals surface area (Å²) in [5.41, 5.74) is 0.860. The van der Waals surface area contributed by atoms with Gasteiger partial charge in [-0.3, -0.25) is 4.79 Å². The highest BCUT2D eigenvalue weighted by Gasteiger charge is 2.12. The van der Waals surface area contributed by atoms with Gasteiger partial charge in [0.1, 0.15) is 12.1 Å². The predicted molar refractivity (Wildman–Crippen MR) is 62.9 cm³/mol. The molecule has 0 aromatic carbocycles. The molecule has 0 spiro atoms. The first-order chi connectivity index (χ1) is 8.22. The van der Waals surface area contributed by atoms with E-state index in [1.54, 1.807) is 42.0 Å². The van der Waals surface area contributed by atoms with E-state index >= 15 is 0 Å². The summed E-state index contributed by atoms with van der Waals surface area (Å²) < 4.78 is 6.61. The van der Waals surface area contributed by atoms with Crippen molar-refractivity contribution >= 4 is 17.3 Å². The maximum Gasteiger partial charge on any atom is 0.325 e. The van der Waals surface area contributed by atoms with Crippen LogP contribution in [0.5, 0.6) is 0 Å². The fraction of sp³-hybridized carbons (Fsp3) is 0.364. The van der Waals surface area contributed by atoms with Gasteiger partial charge >= 0.3 is 5.97 Å². The van der Waals surface area contributed by atoms with Crippen LogP contribution in [0.15, 0.2) is 24.7 Å². The Balaban J connectivity index is 2.21. The van der Waals surface area contributed by atoms with Crippen LogP contribution in [-0.2, 0) is 9.53 Å². The first-order valence-electron chi connectivity index (χ1n) is 5.37. The number of ether oxygens (including phenoxy) is 1. The molecule has 0 fully saturated rings. The zero-order chi connectivity index (χ0) is 12.3. The topological polar surface area (TPSA) is 59.7 Å². The zero-order valence-electron chi connectivity index (χ0n) is 9.83. The van der Waals surface area contributed by atoms with E-state index in [1.807, 2.05) is 6.07 Å². The van der Waals surface area contributed by atoms with Crippen LogP contribution in [0.4, 0.5) is 5.82 Å². The molecule has 2 heterocycles. The van der Waals surface area contributed by atoms with Crippen molar-refractivity contribution in [2.75, 3.05) is 25.1 Å². The number of fused-ring (bicyclic) bond motifs is 1. The second-order valence-corrected chi connectivity index (χ2v) is 3.57. The lowest BCUT2D eigenvalue weighted by atomic mass is 10.4. The lowest BCUT2D eigenvalue weighted by Gasteiger charge is -2.17. The highest BCUT2D eigenvalue weighted by atomic mass is 16.5. The summed E-state index contributed by atoms with van der Waals surface area (Å²) in [5.74, 6) is 0.441. The Bertz CT molecular complexity index is 523. The first-order valence-corrected chi connectivity index (χ1v) is 5.37. The molecule has 2 aromatic rings. The molecule has 0 aliphatic carbocycles. The molecule has 6 nitrogen and oxygen atoms in total. The predicted octanol–water partition coefficient (Wildman–Crippen LogP) is 0.729. The van der Waals surface area contributed by atoms with Gasteiger partial charge in [0.2, 0.25) is 0 Å². The molecule has 0 atom stereocenters. The highest BCUT2D eigenvalue weighted by molar-refractivity contribution is 5.78. The molecule has 0 unspecified atom stereocenters. The second kappa shape index (κ2) is 4.82. The molecule has 17 heavy (non-hydrogen) atoms. The van der Waals surface area contributed by atoms with E-state index < -0.39 is 0 Å². The molecule has 2 rings (SSSR count). The molecular formula is C11H14N4O2. The van der Waals surface area contributed by atoms with Crippen molar-refractivity contribution in [1.82, 2.24) is 14.6 Å². The van der Waals surface area contributed by atoms with Crippen molar-refractivity contribution in [3.8, 4) is 0 Å². The van der Waals surface area contributed by atoms with Crippen LogP contribution in [0, 0.1) is 0 Å². The van der Waals surface area contributed by atoms with Gasteiger partial charge in [-0.05, 0) is 13.0 Å². The van der Waals surface area contributed by atoms with Crippen LogP contribution in [0.2, 0.25) is 0 Å². The van der Waals surface area contributed by atoms with Crippen LogP contribution in [0.3, 0.4) is 0 Å². The molecule has 0 amide bonds. The van der Waals surface area contributed by atoms with E-state index in [9.17, 15) is 4.79 Å². The van der Waals surface area contributed by atoms with E-state index in [0.717, 1.165) is 5.52 Å². The molecule has 0 aliphatic heterocycles. The summed E-state index contributed by atoms with van der Waals surface area (Å²) in [4.78, 5) is 17.4. The quantitative estimate of drug-likeness (QED) is 0.730. The van der Waals surface area contributed by atoms with E-state index in [0.29, 0.717) is 12.4 Å². The van der Waals surface area contributed by atoms with Crippen molar-refractivity contribution < 1.29 is 9.53 Å². The Kier molecular flexibility index (Phi) is 3.22. The van der Waals surface area contributed by atoms with E-state index in [2.05, 4.69) is 10.1 Å². The number of likely N-dealkylation sites (N-methyl/N-ethyl adjacent to an activating group) is 1. The number of nitrogens with zero attached hydrogens (tertiary/aromatic N) is 4.